The van der Waals surface area contributed by atoms with Crippen LogP contribution in [0.3, 0.4) is 0 Å². The van der Waals surface area contributed by atoms with Gasteiger partial charge < -0.3 is 15.2 Å². The maximum Gasteiger partial charge on any atom is 0.330 e. The molecule has 3 N–H and O–H groups in total. The van der Waals surface area contributed by atoms with Crippen molar-refractivity contribution >= 4 is 33.3 Å². The van der Waals surface area contributed by atoms with Crippen molar-refractivity contribution in [3.63, 3.8) is 0 Å². The number of benzene rings is 2. The van der Waals surface area contributed by atoms with Gasteiger partial charge in [-0.05, 0) is 36.8 Å². The highest BCUT2D eigenvalue weighted by Crippen LogP contribution is 2.23. The molecule has 0 aliphatic heterocycles. The van der Waals surface area contributed by atoms with Gasteiger partial charge in [-0.3, -0.25) is 24.0 Å². The number of H-pyrrole nitrogens is 1. The summed E-state index contributed by atoms with van der Waals surface area (Å²) in [4.78, 5) is 42.1. The van der Waals surface area contributed by atoms with Crippen LogP contribution in [0.15, 0.2) is 68.7 Å². The van der Waals surface area contributed by atoms with Crippen LogP contribution in [0, 0.1) is 0 Å². The Morgan fingerprint density at radius 1 is 1.15 bits per heavy atom. The minimum absolute atomic E-state index is 0.0590. The monoisotopic (exact) mass is 516 g/mol. The van der Waals surface area contributed by atoms with Gasteiger partial charge in [0, 0.05) is 11.6 Å². The highest BCUT2D eigenvalue weighted by molar-refractivity contribution is 9.10. The van der Waals surface area contributed by atoms with Gasteiger partial charge in [0.15, 0.2) is 11.8 Å². The number of nitrogens with zero attached hydrogens (tertiary/aromatic N) is 2. The smallest absolute Gasteiger partial charge is 0.330 e. The van der Waals surface area contributed by atoms with Crippen molar-refractivity contribution in [2.24, 2.45) is 0 Å². The second-order valence-electron chi connectivity index (χ2n) is 7.26. The van der Waals surface area contributed by atoms with Gasteiger partial charge in [-0.25, -0.2) is 4.79 Å². The summed E-state index contributed by atoms with van der Waals surface area (Å²) in [7, 11) is 1.49. The predicted octanol–water partition coefficient (Wildman–Crippen LogP) is 2.53. The molecule has 0 bridgehead atoms. The molecule has 3 aromatic rings. The Morgan fingerprint density at radius 3 is 2.45 bits per heavy atom. The molecule has 33 heavy (non-hydrogen) atoms. The van der Waals surface area contributed by atoms with Crippen molar-refractivity contribution in [2.45, 2.75) is 26.1 Å². The fourth-order valence-electron chi connectivity index (χ4n) is 3.26. The Balaban J connectivity index is 2.03. The number of halogens is 1. The van der Waals surface area contributed by atoms with Crippen LogP contribution in [0.1, 0.15) is 12.5 Å². The lowest BCUT2D eigenvalue weighted by molar-refractivity contribution is -0.124. The number of hydrogen-bond acceptors (Lipinski definition) is 6. The van der Waals surface area contributed by atoms with Crippen LogP contribution in [0.4, 0.5) is 11.5 Å². The summed E-state index contributed by atoms with van der Waals surface area (Å²) in [5.41, 5.74) is 5.45. The molecule has 174 valence electrons. The lowest BCUT2D eigenvalue weighted by Gasteiger charge is -2.27. The van der Waals surface area contributed by atoms with Crippen molar-refractivity contribution in [1.82, 2.24) is 9.55 Å². The highest BCUT2D eigenvalue weighted by Gasteiger charge is 2.29. The van der Waals surface area contributed by atoms with E-state index < -0.39 is 23.3 Å². The maximum absolute atomic E-state index is 13.5. The van der Waals surface area contributed by atoms with E-state index in [2.05, 4.69) is 20.9 Å². The molecule has 0 unspecified atom stereocenters. The van der Waals surface area contributed by atoms with Gasteiger partial charge in [0.05, 0.1) is 19.7 Å². The maximum atomic E-state index is 13.5. The molecular weight excluding hydrogens is 492 g/mol. The minimum Gasteiger partial charge on any atom is -0.481 e. The van der Waals surface area contributed by atoms with E-state index in [1.54, 1.807) is 31.2 Å². The lowest BCUT2D eigenvalue weighted by atomic mass is 10.2. The zero-order valence-corrected chi connectivity index (χ0v) is 19.9. The molecule has 0 aliphatic carbocycles. The Morgan fingerprint density at radius 2 is 1.82 bits per heavy atom. The Hall–Kier alpha value is -3.37. The van der Waals surface area contributed by atoms with Gasteiger partial charge in [0.1, 0.15) is 11.6 Å². The second kappa shape index (κ2) is 11.0. The number of carbonyl (C=O) groups is 1. The van der Waals surface area contributed by atoms with Gasteiger partial charge in [0.25, 0.3) is 11.5 Å². The Bertz CT molecular complexity index is 1210. The van der Waals surface area contributed by atoms with E-state index in [4.69, 9.17) is 15.2 Å². The van der Waals surface area contributed by atoms with E-state index >= 15 is 0 Å². The number of aromatic nitrogens is 2. The van der Waals surface area contributed by atoms with E-state index in [0.29, 0.717) is 5.75 Å². The summed E-state index contributed by atoms with van der Waals surface area (Å²) < 4.78 is 12.9. The number of anilines is 2. The van der Waals surface area contributed by atoms with Crippen LogP contribution in [-0.2, 0) is 22.6 Å². The Kier molecular flexibility index (Phi) is 8.07. The number of nitrogens with one attached hydrogen (secondary N) is 1. The normalized spacial score (nSPS) is 11.7. The number of nitrogens with two attached hydrogens (primary N) is 1. The molecule has 0 fully saturated rings. The van der Waals surface area contributed by atoms with E-state index in [1.807, 2.05) is 30.3 Å². The third-order valence-corrected chi connectivity index (χ3v) is 5.46. The fourth-order valence-corrected chi connectivity index (χ4v) is 3.53. The molecule has 9 nitrogen and oxygen atoms in total. The first-order valence-corrected chi connectivity index (χ1v) is 11.0. The molecule has 0 saturated carbocycles. The minimum atomic E-state index is -0.937. The first kappa shape index (κ1) is 24.3. The predicted molar refractivity (Wildman–Crippen MR) is 129 cm³/mol. The van der Waals surface area contributed by atoms with Crippen molar-refractivity contribution in [1.29, 1.82) is 0 Å². The molecule has 0 saturated heterocycles. The summed E-state index contributed by atoms with van der Waals surface area (Å²) in [6.45, 7) is 1.96. The zero-order valence-electron chi connectivity index (χ0n) is 18.3. The molecule has 0 spiro atoms. The summed E-state index contributed by atoms with van der Waals surface area (Å²) >= 11 is 3.36. The van der Waals surface area contributed by atoms with E-state index in [-0.39, 0.29) is 31.2 Å². The topological polar surface area (TPSA) is 120 Å². The van der Waals surface area contributed by atoms with Crippen LogP contribution >= 0.6 is 15.9 Å². The van der Waals surface area contributed by atoms with E-state index in [9.17, 15) is 14.4 Å². The number of ether oxygens (including phenoxy) is 2. The molecule has 0 radical (unpaired) electrons. The van der Waals surface area contributed by atoms with Gasteiger partial charge in [-0.2, -0.15) is 0 Å². The molecule has 1 amide bonds. The molecule has 10 heteroatoms. The Labute approximate surface area is 198 Å². The molecular formula is C23H25BrN4O5. The summed E-state index contributed by atoms with van der Waals surface area (Å²) in [6, 6.07) is 16.2. The molecule has 1 aromatic heterocycles. The molecule has 0 aliphatic rings. The largest absolute Gasteiger partial charge is 0.481 e. The zero-order chi connectivity index (χ0) is 24.0. The average Bonchev–Trinajstić information content (AvgIpc) is 2.79. The van der Waals surface area contributed by atoms with Crippen molar-refractivity contribution in [3.05, 3.63) is 85.5 Å². The standard InChI is InChI=1S/C23H25BrN4O5/c1-15(33-18-10-8-17(24)9-11-18)22(30)28(14-16-6-4-3-5-7-16)19-20(25)27(12-13-32-2)23(31)26-21(19)29/h3-11,15H,12-14,25H2,1-2H3,(H,26,29,31)/t15-/m1/s1. The first-order chi connectivity index (χ1) is 15.8. The summed E-state index contributed by atoms with van der Waals surface area (Å²) in [5.74, 6) is -0.123. The summed E-state index contributed by atoms with van der Waals surface area (Å²) in [6.07, 6.45) is -0.937. The van der Waals surface area contributed by atoms with Crippen LogP contribution in [-0.4, -0.2) is 35.3 Å². The number of amides is 1. The SMILES string of the molecule is COCCn1c(N)c(N(Cc2ccccc2)C(=O)[C@@H](C)Oc2ccc(Br)cc2)c(=O)[nH]c1=O. The number of carbonyl (C=O) groups excluding carboxylic acids is 1. The summed E-state index contributed by atoms with van der Waals surface area (Å²) in [5, 5.41) is 0. The highest BCUT2D eigenvalue weighted by atomic mass is 79.9. The average molecular weight is 517 g/mol. The van der Waals surface area contributed by atoms with Crippen molar-refractivity contribution < 1.29 is 14.3 Å². The number of aromatic amines is 1. The third kappa shape index (κ3) is 5.91. The van der Waals surface area contributed by atoms with Crippen molar-refractivity contribution in [2.75, 3.05) is 24.4 Å². The number of rotatable bonds is 9. The number of methoxy groups -OCH3 is 1. The molecule has 1 heterocycles. The van der Waals surface area contributed by atoms with Gasteiger partial charge in [-0.1, -0.05) is 46.3 Å². The van der Waals surface area contributed by atoms with Gasteiger partial charge in [-0.15, -0.1) is 0 Å². The number of hydrogen-bond donors (Lipinski definition) is 2. The lowest BCUT2D eigenvalue weighted by Crippen LogP contribution is -2.45. The second-order valence-corrected chi connectivity index (χ2v) is 8.18. The molecule has 2 aromatic carbocycles. The third-order valence-electron chi connectivity index (χ3n) is 4.93. The quantitative estimate of drug-likeness (QED) is 0.450. The number of nitrogen functional groups attached to an aromatic ring is 1. The van der Waals surface area contributed by atoms with Gasteiger partial charge >= 0.3 is 5.69 Å². The molecule has 3 rings (SSSR count). The van der Waals surface area contributed by atoms with E-state index in [1.165, 1.54) is 16.6 Å². The van der Waals surface area contributed by atoms with E-state index in [0.717, 1.165) is 10.0 Å². The first-order valence-electron chi connectivity index (χ1n) is 10.2. The van der Waals surface area contributed by atoms with Gasteiger partial charge in [0.2, 0.25) is 0 Å². The van der Waals surface area contributed by atoms with Crippen molar-refractivity contribution in [3.8, 4) is 5.75 Å². The van der Waals surface area contributed by atoms with Crippen LogP contribution in [0.2, 0.25) is 0 Å². The van der Waals surface area contributed by atoms with Crippen LogP contribution < -0.4 is 26.6 Å². The molecule has 1 atom stereocenters. The van der Waals surface area contributed by atoms with Crippen LogP contribution in [0.5, 0.6) is 5.75 Å². The van der Waals surface area contributed by atoms with Crippen LogP contribution in [0.25, 0.3) is 0 Å². The fraction of sp³-hybridized carbons (Fsp3) is 0.261.